The third-order valence-electron chi connectivity index (χ3n) is 3.53. The SMILES string of the molecule is CC(C)CNCC(Cc1cnn(C)c1)c1ccc(Br)cc1. The van der Waals surface area contributed by atoms with Crippen molar-refractivity contribution in [1.82, 2.24) is 15.1 Å². The van der Waals surface area contributed by atoms with Crippen LogP contribution in [0.5, 0.6) is 0 Å². The van der Waals surface area contributed by atoms with Crippen LogP contribution in [0.25, 0.3) is 0 Å². The van der Waals surface area contributed by atoms with Crippen LogP contribution in [-0.2, 0) is 13.5 Å². The molecule has 1 N–H and O–H groups in total. The lowest BCUT2D eigenvalue weighted by Crippen LogP contribution is -2.26. The van der Waals surface area contributed by atoms with E-state index in [-0.39, 0.29) is 0 Å². The summed E-state index contributed by atoms with van der Waals surface area (Å²) >= 11 is 3.51. The minimum atomic E-state index is 0.473. The average molecular weight is 350 g/mol. The van der Waals surface area contributed by atoms with Crippen molar-refractivity contribution in [3.8, 4) is 0 Å². The van der Waals surface area contributed by atoms with Crippen molar-refractivity contribution in [1.29, 1.82) is 0 Å². The van der Waals surface area contributed by atoms with Gasteiger partial charge in [0.2, 0.25) is 0 Å². The first-order valence-electron chi connectivity index (χ1n) is 7.48. The van der Waals surface area contributed by atoms with Crippen LogP contribution in [-0.4, -0.2) is 22.9 Å². The second-order valence-corrected chi connectivity index (χ2v) is 6.94. The van der Waals surface area contributed by atoms with Crippen molar-refractivity contribution in [2.75, 3.05) is 13.1 Å². The molecule has 4 heteroatoms. The van der Waals surface area contributed by atoms with Gasteiger partial charge in [-0.1, -0.05) is 41.9 Å². The first-order valence-corrected chi connectivity index (χ1v) is 8.27. The maximum absolute atomic E-state index is 4.27. The summed E-state index contributed by atoms with van der Waals surface area (Å²) in [5.74, 6) is 1.15. The monoisotopic (exact) mass is 349 g/mol. The Balaban J connectivity index is 2.07. The number of aromatic nitrogens is 2. The van der Waals surface area contributed by atoms with E-state index in [4.69, 9.17) is 0 Å². The third kappa shape index (κ3) is 5.29. The van der Waals surface area contributed by atoms with Crippen LogP contribution in [0, 0.1) is 5.92 Å². The standard InChI is InChI=1S/C17H24BrN3/c1-13(2)9-19-11-16(8-14-10-20-21(3)12-14)15-4-6-17(18)7-5-15/h4-7,10,12-13,16,19H,8-9,11H2,1-3H3. The van der Waals surface area contributed by atoms with Crippen LogP contribution in [0.3, 0.4) is 0 Å². The van der Waals surface area contributed by atoms with E-state index in [1.54, 1.807) is 0 Å². The normalized spacial score (nSPS) is 12.8. The quantitative estimate of drug-likeness (QED) is 0.824. The van der Waals surface area contributed by atoms with Gasteiger partial charge in [-0.3, -0.25) is 4.68 Å². The topological polar surface area (TPSA) is 29.9 Å². The fourth-order valence-corrected chi connectivity index (χ4v) is 2.72. The Kier molecular flexibility index (Phi) is 6.00. The fraction of sp³-hybridized carbons (Fsp3) is 0.471. The number of nitrogens with zero attached hydrogens (tertiary/aromatic N) is 2. The maximum atomic E-state index is 4.27. The third-order valence-corrected chi connectivity index (χ3v) is 4.05. The molecule has 0 aliphatic carbocycles. The van der Waals surface area contributed by atoms with E-state index < -0.39 is 0 Å². The van der Waals surface area contributed by atoms with E-state index in [0.717, 1.165) is 24.0 Å². The van der Waals surface area contributed by atoms with Crippen molar-refractivity contribution < 1.29 is 0 Å². The molecule has 0 aliphatic rings. The van der Waals surface area contributed by atoms with E-state index in [2.05, 4.69) is 70.7 Å². The Labute approximate surface area is 135 Å². The predicted octanol–water partition coefficient (Wildman–Crippen LogP) is 3.75. The van der Waals surface area contributed by atoms with Gasteiger partial charge >= 0.3 is 0 Å². The molecular formula is C17H24BrN3. The molecule has 1 atom stereocenters. The fourth-order valence-electron chi connectivity index (χ4n) is 2.45. The second-order valence-electron chi connectivity index (χ2n) is 6.03. The van der Waals surface area contributed by atoms with Gasteiger partial charge in [-0.05, 0) is 42.1 Å². The van der Waals surface area contributed by atoms with Crippen LogP contribution >= 0.6 is 15.9 Å². The van der Waals surface area contributed by atoms with Crippen molar-refractivity contribution in [2.24, 2.45) is 13.0 Å². The smallest absolute Gasteiger partial charge is 0.0521 e. The molecule has 0 saturated carbocycles. The Morgan fingerprint density at radius 1 is 1.19 bits per heavy atom. The zero-order chi connectivity index (χ0) is 15.2. The van der Waals surface area contributed by atoms with Gasteiger partial charge in [0.25, 0.3) is 0 Å². The zero-order valence-electron chi connectivity index (χ0n) is 13.0. The maximum Gasteiger partial charge on any atom is 0.0521 e. The molecule has 2 aromatic rings. The Hall–Kier alpha value is -1.13. The summed E-state index contributed by atoms with van der Waals surface area (Å²) < 4.78 is 3.00. The van der Waals surface area contributed by atoms with E-state index in [0.29, 0.717) is 11.8 Å². The molecular weight excluding hydrogens is 326 g/mol. The molecule has 2 rings (SSSR count). The number of nitrogens with one attached hydrogen (secondary N) is 1. The molecule has 3 nitrogen and oxygen atoms in total. The molecule has 1 aromatic heterocycles. The summed E-state index contributed by atoms with van der Waals surface area (Å²) in [6.07, 6.45) is 5.09. The van der Waals surface area contributed by atoms with Crippen molar-refractivity contribution in [3.63, 3.8) is 0 Å². The highest BCUT2D eigenvalue weighted by Crippen LogP contribution is 2.22. The van der Waals surface area contributed by atoms with Gasteiger partial charge in [0.05, 0.1) is 6.20 Å². The number of aryl methyl sites for hydroxylation is 1. The average Bonchev–Trinajstić information content (AvgIpc) is 2.84. The summed E-state index contributed by atoms with van der Waals surface area (Å²) in [6, 6.07) is 8.66. The van der Waals surface area contributed by atoms with Crippen molar-refractivity contribution in [2.45, 2.75) is 26.2 Å². The summed E-state index contributed by atoms with van der Waals surface area (Å²) in [4.78, 5) is 0. The van der Waals surface area contributed by atoms with Gasteiger partial charge in [0, 0.05) is 30.2 Å². The van der Waals surface area contributed by atoms with Gasteiger partial charge in [-0.15, -0.1) is 0 Å². The summed E-state index contributed by atoms with van der Waals surface area (Å²) in [6.45, 7) is 6.53. The predicted molar refractivity (Wildman–Crippen MR) is 91.5 cm³/mol. The molecule has 114 valence electrons. The minimum Gasteiger partial charge on any atom is -0.316 e. The Bertz CT molecular complexity index is 545. The molecule has 1 aromatic carbocycles. The second kappa shape index (κ2) is 7.76. The molecule has 0 bridgehead atoms. The van der Waals surface area contributed by atoms with Gasteiger partial charge in [-0.25, -0.2) is 0 Å². The van der Waals surface area contributed by atoms with E-state index in [1.165, 1.54) is 11.1 Å². The Morgan fingerprint density at radius 3 is 2.48 bits per heavy atom. The first kappa shape index (κ1) is 16.2. The molecule has 0 radical (unpaired) electrons. The van der Waals surface area contributed by atoms with Gasteiger partial charge < -0.3 is 5.32 Å². The highest BCUT2D eigenvalue weighted by atomic mass is 79.9. The van der Waals surface area contributed by atoms with E-state index in [9.17, 15) is 0 Å². The van der Waals surface area contributed by atoms with E-state index in [1.807, 2.05) is 17.9 Å². The highest BCUT2D eigenvalue weighted by Gasteiger charge is 2.13. The van der Waals surface area contributed by atoms with Gasteiger partial charge in [-0.2, -0.15) is 5.10 Å². The molecule has 0 spiro atoms. The summed E-state index contributed by atoms with van der Waals surface area (Å²) in [7, 11) is 1.97. The van der Waals surface area contributed by atoms with Crippen molar-refractivity contribution in [3.05, 3.63) is 52.3 Å². The number of halogens is 1. The summed E-state index contributed by atoms with van der Waals surface area (Å²) in [5.41, 5.74) is 2.66. The van der Waals surface area contributed by atoms with Crippen LogP contribution in [0.2, 0.25) is 0 Å². The molecule has 1 unspecified atom stereocenters. The lowest BCUT2D eigenvalue weighted by molar-refractivity contribution is 0.514. The number of benzene rings is 1. The first-order chi connectivity index (χ1) is 10.0. The minimum absolute atomic E-state index is 0.473. The Morgan fingerprint density at radius 2 is 1.90 bits per heavy atom. The summed E-state index contributed by atoms with van der Waals surface area (Å²) in [5, 5.41) is 7.86. The van der Waals surface area contributed by atoms with Gasteiger partial charge in [0.15, 0.2) is 0 Å². The molecule has 0 aliphatic heterocycles. The van der Waals surface area contributed by atoms with Crippen LogP contribution in [0.1, 0.15) is 30.9 Å². The molecule has 0 saturated heterocycles. The number of hydrogen-bond donors (Lipinski definition) is 1. The van der Waals surface area contributed by atoms with Crippen molar-refractivity contribution >= 4 is 15.9 Å². The van der Waals surface area contributed by atoms with E-state index >= 15 is 0 Å². The molecule has 0 fully saturated rings. The zero-order valence-corrected chi connectivity index (χ0v) is 14.6. The lowest BCUT2D eigenvalue weighted by Gasteiger charge is -2.18. The number of hydrogen-bond acceptors (Lipinski definition) is 2. The van der Waals surface area contributed by atoms with Crippen LogP contribution in [0.15, 0.2) is 41.1 Å². The van der Waals surface area contributed by atoms with Crippen LogP contribution < -0.4 is 5.32 Å². The van der Waals surface area contributed by atoms with Gasteiger partial charge in [0.1, 0.15) is 0 Å². The highest BCUT2D eigenvalue weighted by molar-refractivity contribution is 9.10. The molecule has 21 heavy (non-hydrogen) atoms. The largest absolute Gasteiger partial charge is 0.316 e. The number of rotatable bonds is 7. The molecule has 1 heterocycles. The molecule has 0 amide bonds. The van der Waals surface area contributed by atoms with Crippen LogP contribution in [0.4, 0.5) is 0 Å². The lowest BCUT2D eigenvalue weighted by atomic mass is 9.93.